The molecule has 1 saturated heterocycles. The van der Waals surface area contributed by atoms with E-state index in [0.717, 1.165) is 17.5 Å². The minimum Gasteiger partial charge on any atom is -0.339 e. The highest BCUT2D eigenvalue weighted by molar-refractivity contribution is 7.99. The highest BCUT2D eigenvalue weighted by Gasteiger charge is 2.21. The fourth-order valence-corrected chi connectivity index (χ4v) is 2.73. The average Bonchev–Trinajstić information content (AvgIpc) is 2.68. The fraction of sp³-hybridized carbons (Fsp3) is 0.778. The van der Waals surface area contributed by atoms with E-state index in [0.29, 0.717) is 18.9 Å². The molecule has 5 heteroatoms. The van der Waals surface area contributed by atoms with Crippen LogP contribution in [-0.4, -0.2) is 28.2 Å². The quantitative estimate of drug-likeness (QED) is 0.816. The lowest BCUT2D eigenvalue weighted by molar-refractivity contribution is 0.349. The third-order valence-corrected chi connectivity index (χ3v) is 3.58. The maximum absolute atomic E-state index is 5.42. The monoisotopic (exact) mass is 213 g/mol. The van der Waals surface area contributed by atoms with E-state index in [-0.39, 0.29) is 0 Å². The number of thioether (sulfide) groups is 1. The number of aromatic nitrogens is 2. The Labute approximate surface area is 87.6 Å². The van der Waals surface area contributed by atoms with Crippen molar-refractivity contribution in [3.05, 3.63) is 11.7 Å². The molecule has 0 spiro atoms. The smallest absolute Gasteiger partial charge is 0.230 e. The van der Waals surface area contributed by atoms with Crippen LogP contribution >= 0.6 is 11.8 Å². The van der Waals surface area contributed by atoms with Crippen LogP contribution in [0.4, 0.5) is 0 Å². The second-order valence-corrected chi connectivity index (χ2v) is 4.65. The zero-order chi connectivity index (χ0) is 9.80. The normalized spacial score (nSPS) is 22.5. The lowest BCUT2D eigenvalue weighted by Crippen LogP contribution is -2.09. The highest BCUT2D eigenvalue weighted by atomic mass is 32.2. The van der Waals surface area contributed by atoms with E-state index in [2.05, 4.69) is 10.1 Å². The molecule has 1 aromatic rings. The lowest BCUT2D eigenvalue weighted by Gasteiger charge is -2.16. The molecule has 1 aliphatic rings. The first-order valence-electron chi connectivity index (χ1n) is 5.00. The van der Waals surface area contributed by atoms with Gasteiger partial charge in [-0.2, -0.15) is 16.7 Å². The molecule has 1 unspecified atom stereocenters. The van der Waals surface area contributed by atoms with Crippen LogP contribution in [0.25, 0.3) is 0 Å². The van der Waals surface area contributed by atoms with Crippen molar-refractivity contribution in [2.45, 2.75) is 25.2 Å². The van der Waals surface area contributed by atoms with Crippen molar-refractivity contribution in [2.75, 3.05) is 18.1 Å². The van der Waals surface area contributed by atoms with Crippen LogP contribution in [-0.2, 0) is 6.42 Å². The number of hydrogen-bond donors (Lipinski definition) is 1. The second-order valence-electron chi connectivity index (χ2n) is 3.50. The molecule has 0 aromatic carbocycles. The molecule has 2 heterocycles. The summed E-state index contributed by atoms with van der Waals surface area (Å²) in [7, 11) is 0. The molecule has 0 aliphatic carbocycles. The predicted molar refractivity (Wildman–Crippen MR) is 56.4 cm³/mol. The summed E-state index contributed by atoms with van der Waals surface area (Å²) in [6.07, 6.45) is 3.14. The van der Waals surface area contributed by atoms with Crippen molar-refractivity contribution in [2.24, 2.45) is 5.73 Å². The first-order valence-corrected chi connectivity index (χ1v) is 6.16. The predicted octanol–water partition coefficient (Wildman–Crippen LogP) is 1.18. The molecule has 1 fully saturated rings. The SMILES string of the molecule is NCCc1noc(C2CCCSC2)n1. The lowest BCUT2D eigenvalue weighted by atomic mass is 10.1. The van der Waals surface area contributed by atoms with Gasteiger partial charge in [-0.15, -0.1) is 0 Å². The molecular formula is C9H15N3OS. The summed E-state index contributed by atoms with van der Waals surface area (Å²) in [4.78, 5) is 4.35. The van der Waals surface area contributed by atoms with Crippen molar-refractivity contribution in [1.29, 1.82) is 0 Å². The molecule has 0 radical (unpaired) electrons. The molecule has 1 atom stereocenters. The number of hydrogen-bond acceptors (Lipinski definition) is 5. The maximum atomic E-state index is 5.42. The van der Waals surface area contributed by atoms with Crippen LogP contribution in [0.2, 0.25) is 0 Å². The molecule has 78 valence electrons. The summed E-state index contributed by atoms with van der Waals surface area (Å²) in [6, 6.07) is 0. The van der Waals surface area contributed by atoms with Crippen molar-refractivity contribution in [3.8, 4) is 0 Å². The Balaban J connectivity index is 2.00. The van der Waals surface area contributed by atoms with Crippen molar-refractivity contribution < 1.29 is 4.52 Å². The Morgan fingerprint density at radius 3 is 3.21 bits per heavy atom. The molecule has 0 amide bonds. The van der Waals surface area contributed by atoms with Gasteiger partial charge in [0.25, 0.3) is 0 Å². The van der Waals surface area contributed by atoms with Crippen LogP contribution in [0, 0.1) is 0 Å². The van der Waals surface area contributed by atoms with Gasteiger partial charge in [0.05, 0.1) is 0 Å². The van der Waals surface area contributed by atoms with Crippen molar-refractivity contribution in [3.63, 3.8) is 0 Å². The molecule has 0 saturated carbocycles. The molecule has 2 N–H and O–H groups in total. The summed E-state index contributed by atoms with van der Waals surface area (Å²) in [5.41, 5.74) is 5.42. The van der Waals surface area contributed by atoms with Crippen LogP contribution < -0.4 is 5.73 Å². The van der Waals surface area contributed by atoms with E-state index in [4.69, 9.17) is 10.3 Å². The molecule has 14 heavy (non-hydrogen) atoms. The Morgan fingerprint density at radius 1 is 1.57 bits per heavy atom. The Kier molecular flexibility index (Phi) is 3.42. The topological polar surface area (TPSA) is 64.9 Å². The van der Waals surface area contributed by atoms with Gasteiger partial charge in [0.1, 0.15) is 0 Å². The van der Waals surface area contributed by atoms with Gasteiger partial charge in [0.2, 0.25) is 5.89 Å². The fourth-order valence-electron chi connectivity index (χ4n) is 1.60. The summed E-state index contributed by atoms with van der Waals surface area (Å²) < 4.78 is 5.23. The van der Waals surface area contributed by atoms with Gasteiger partial charge in [-0.3, -0.25) is 0 Å². The first kappa shape index (κ1) is 9.98. The minimum atomic E-state index is 0.466. The molecule has 2 rings (SSSR count). The minimum absolute atomic E-state index is 0.466. The van der Waals surface area contributed by atoms with Gasteiger partial charge in [-0.25, -0.2) is 0 Å². The van der Waals surface area contributed by atoms with Crippen LogP contribution in [0.15, 0.2) is 4.52 Å². The van der Waals surface area contributed by atoms with Gasteiger partial charge in [-0.05, 0) is 25.1 Å². The molecule has 1 aromatic heterocycles. The standard InChI is InChI=1S/C9H15N3OS/c10-4-3-8-11-9(13-12-8)7-2-1-5-14-6-7/h7H,1-6,10H2. The summed E-state index contributed by atoms with van der Waals surface area (Å²) in [5.74, 6) is 4.40. The van der Waals surface area contributed by atoms with E-state index in [1.807, 2.05) is 11.8 Å². The largest absolute Gasteiger partial charge is 0.339 e. The van der Waals surface area contributed by atoms with Crippen molar-refractivity contribution >= 4 is 11.8 Å². The third-order valence-electron chi connectivity index (χ3n) is 2.36. The molecular weight excluding hydrogens is 198 g/mol. The van der Waals surface area contributed by atoms with E-state index < -0.39 is 0 Å². The van der Waals surface area contributed by atoms with Crippen molar-refractivity contribution in [1.82, 2.24) is 10.1 Å². The van der Waals surface area contributed by atoms with Gasteiger partial charge in [0, 0.05) is 18.1 Å². The summed E-state index contributed by atoms with van der Waals surface area (Å²) in [5, 5.41) is 3.91. The first-order chi connectivity index (χ1) is 6.90. The Hall–Kier alpha value is -0.550. The van der Waals surface area contributed by atoms with E-state index in [9.17, 15) is 0 Å². The van der Waals surface area contributed by atoms with Crippen LogP contribution in [0.3, 0.4) is 0 Å². The van der Waals surface area contributed by atoms with E-state index >= 15 is 0 Å². The van der Waals surface area contributed by atoms with Gasteiger partial charge in [0.15, 0.2) is 5.82 Å². The summed E-state index contributed by atoms with van der Waals surface area (Å²) >= 11 is 1.97. The number of nitrogens with zero attached hydrogens (tertiary/aromatic N) is 2. The van der Waals surface area contributed by atoms with Crippen LogP contribution in [0.5, 0.6) is 0 Å². The maximum Gasteiger partial charge on any atom is 0.230 e. The van der Waals surface area contributed by atoms with Gasteiger partial charge < -0.3 is 10.3 Å². The number of nitrogens with two attached hydrogens (primary N) is 1. The second kappa shape index (κ2) is 4.79. The Bertz CT molecular complexity index is 283. The molecule has 0 bridgehead atoms. The number of rotatable bonds is 3. The molecule has 1 aliphatic heterocycles. The zero-order valence-electron chi connectivity index (χ0n) is 8.11. The van der Waals surface area contributed by atoms with Gasteiger partial charge >= 0.3 is 0 Å². The summed E-state index contributed by atoms with van der Waals surface area (Å²) in [6.45, 7) is 0.582. The van der Waals surface area contributed by atoms with E-state index in [1.54, 1.807) is 0 Å². The third kappa shape index (κ3) is 2.27. The average molecular weight is 213 g/mol. The zero-order valence-corrected chi connectivity index (χ0v) is 8.92. The van der Waals surface area contributed by atoms with Gasteiger partial charge in [-0.1, -0.05) is 5.16 Å². The van der Waals surface area contributed by atoms with E-state index in [1.165, 1.54) is 18.6 Å². The highest BCUT2D eigenvalue weighted by Crippen LogP contribution is 2.29. The van der Waals surface area contributed by atoms with Crippen LogP contribution in [0.1, 0.15) is 30.5 Å². The molecule has 4 nitrogen and oxygen atoms in total. The Morgan fingerprint density at radius 2 is 2.50 bits per heavy atom.